The molecule has 2 rings (SSSR count). The molecule has 0 saturated heterocycles. The number of thiazole rings is 1. The highest BCUT2D eigenvalue weighted by molar-refractivity contribution is 7.09. The van der Waals surface area contributed by atoms with Crippen LogP contribution in [0.25, 0.3) is 0 Å². The molecule has 2 aromatic heterocycles. The van der Waals surface area contributed by atoms with Gasteiger partial charge in [-0.15, -0.1) is 16.4 Å². The third-order valence-electron chi connectivity index (χ3n) is 2.17. The molecule has 0 radical (unpaired) electrons. The Morgan fingerprint density at radius 1 is 1.53 bits per heavy atom. The molecule has 2 aromatic rings. The van der Waals surface area contributed by atoms with Gasteiger partial charge in [0.15, 0.2) is 0 Å². The zero-order chi connectivity index (χ0) is 12.3. The molecule has 0 amide bonds. The molecule has 0 aromatic carbocycles. The maximum absolute atomic E-state index is 5.41. The van der Waals surface area contributed by atoms with E-state index in [-0.39, 0.29) is 6.04 Å². The summed E-state index contributed by atoms with van der Waals surface area (Å²) in [5.74, 6) is 0.553. The van der Waals surface area contributed by atoms with Crippen molar-refractivity contribution in [3.63, 3.8) is 0 Å². The molecule has 3 N–H and O–H groups in total. The zero-order valence-electron chi connectivity index (χ0n) is 9.80. The third kappa shape index (κ3) is 3.01. The number of rotatable bonds is 5. The minimum absolute atomic E-state index is 0.0554. The molecule has 0 bridgehead atoms. The molecule has 0 aliphatic heterocycles. The van der Waals surface area contributed by atoms with E-state index in [2.05, 4.69) is 20.5 Å². The highest BCUT2D eigenvalue weighted by Crippen LogP contribution is 2.21. The van der Waals surface area contributed by atoms with Crippen LogP contribution >= 0.6 is 11.3 Å². The van der Waals surface area contributed by atoms with Crippen LogP contribution in [0.15, 0.2) is 9.80 Å². The highest BCUT2D eigenvalue weighted by atomic mass is 32.1. The second-order valence-corrected chi connectivity index (χ2v) is 4.62. The molecule has 0 aliphatic carbocycles. The lowest BCUT2D eigenvalue weighted by molar-refractivity contribution is 0.501. The average Bonchev–Trinajstić information content (AvgIpc) is 2.88. The fraction of sp³-hybridized carbons (Fsp3) is 0.500. The Hall–Kier alpha value is -1.47. The molecule has 6 nitrogen and oxygen atoms in total. The highest BCUT2D eigenvalue weighted by Gasteiger charge is 2.13. The molecule has 17 heavy (non-hydrogen) atoms. The minimum Gasteiger partial charge on any atom is -0.408 e. The van der Waals surface area contributed by atoms with E-state index in [4.69, 9.17) is 10.2 Å². The van der Waals surface area contributed by atoms with Crippen LogP contribution in [0, 0.1) is 6.92 Å². The molecule has 92 valence electrons. The first-order valence-corrected chi connectivity index (χ1v) is 6.28. The molecule has 0 spiro atoms. The molecular formula is C10H15N5OS. The number of aryl methyl sites for hydroxylation is 1. The van der Waals surface area contributed by atoms with Gasteiger partial charge in [-0.25, -0.2) is 4.98 Å². The van der Waals surface area contributed by atoms with Gasteiger partial charge < -0.3 is 15.5 Å². The molecule has 0 saturated carbocycles. The van der Waals surface area contributed by atoms with Crippen molar-refractivity contribution in [3.05, 3.63) is 22.0 Å². The van der Waals surface area contributed by atoms with Crippen molar-refractivity contribution in [1.29, 1.82) is 0 Å². The number of hydrogen-bond acceptors (Lipinski definition) is 7. The first-order chi connectivity index (χ1) is 8.19. The van der Waals surface area contributed by atoms with E-state index >= 15 is 0 Å². The number of nitrogens with zero attached hydrogens (tertiary/aromatic N) is 3. The molecule has 1 unspecified atom stereocenters. The van der Waals surface area contributed by atoms with Gasteiger partial charge in [0.1, 0.15) is 5.01 Å². The summed E-state index contributed by atoms with van der Waals surface area (Å²) < 4.78 is 5.39. The number of nitrogens with one attached hydrogen (secondary N) is 1. The van der Waals surface area contributed by atoms with Crippen LogP contribution in [0.2, 0.25) is 0 Å². The van der Waals surface area contributed by atoms with E-state index in [0.717, 1.165) is 10.7 Å². The molecular weight excluding hydrogens is 238 g/mol. The van der Waals surface area contributed by atoms with Crippen LogP contribution in [0.1, 0.15) is 29.6 Å². The number of hydrogen-bond donors (Lipinski definition) is 2. The fourth-order valence-corrected chi connectivity index (χ4v) is 2.16. The van der Waals surface area contributed by atoms with Crippen molar-refractivity contribution in [2.75, 3.05) is 11.9 Å². The minimum atomic E-state index is 0.0554. The maximum atomic E-state index is 5.41. The first-order valence-electron chi connectivity index (χ1n) is 5.40. The summed E-state index contributed by atoms with van der Waals surface area (Å²) in [6.45, 7) is 4.48. The van der Waals surface area contributed by atoms with E-state index < -0.39 is 0 Å². The Balaban J connectivity index is 1.99. The average molecular weight is 253 g/mol. The molecule has 2 heterocycles. The van der Waals surface area contributed by atoms with Crippen molar-refractivity contribution in [2.45, 2.75) is 26.3 Å². The van der Waals surface area contributed by atoms with E-state index in [1.165, 1.54) is 0 Å². The Bertz CT molecular complexity index is 481. The number of nitrogens with two attached hydrogens (primary N) is 1. The smallest absolute Gasteiger partial charge is 0.316 e. The lowest BCUT2D eigenvalue weighted by atomic mass is 10.3. The Morgan fingerprint density at radius 3 is 3.00 bits per heavy atom. The van der Waals surface area contributed by atoms with Crippen LogP contribution in [0.3, 0.4) is 0 Å². The van der Waals surface area contributed by atoms with E-state index in [9.17, 15) is 0 Å². The normalized spacial score (nSPS) is 12.6. The second kappa shape index (κ2) is 5.24. The van der Waals surface area contributed by atoms with E-state index in [1.807, 2.05) is 19.2 Å². The van der Waals surface area contributed by atoms with E-state index in [1.54, 1.807) is 11.3 Å². The molecule has 0 fully saturated rings. The quantitative estimate of drug-likeness (QED) is 0.839. The van der Waals surface area contributed by atoms with Gasteiger partial charge in [-0.2, -0.15) is 0 Å². The van der Waals surface area contributed by atoms with Crippen LogP contribution in [-0.2, 0) is 6.42 Å². The Kier molecular flexibility index (Phi) is 3.70. The SMILES string of the molecule is Cc1csc(C(C)Nc2nnc(CCN)o2)n1. The van der Waals surface area contributed by atoms with Crippen LogP contribution < -0.4 is 11.1 Å². The van der Waals surface area contributed by atoms with Crippen molar-refractivity contribution < 1.29 is 4.42 Å². The van der Waals surface area contributed by atoms with Gasteiger partial charge >= 0.3 is 6.01 Å². The summed E-state index contributed by atoms with van der Waals surface area (Å²) >= 11 is 1.61. The van der Waals surface area contributed by atoms with Gasteiger partial charge in [-0.05, 0) is 13.8 Å². The van der Waals surface area contributed by atoms with Gasteiger partial charge in [0.05, 0.1) is 6.04 Å². The Labute approximate surface area is 103 Å². The Morgan fingerprint density at radius 2 is 2.35 bits per heavy atom. The second-order valence-electron chi connectivity index (χ2n) is 3.73. The van der Waals surface area contributed by atoms with Crippen LogP contribution in [0.4, 0.5) is 6.01 Å². The summed E-state index contributed by atoms with van der Waals surface area (Å²) in [6, 6.07) is 0.466. The van der Waals surface area contributed by atoms with E-state index in [0.29, 0.717) is 24.9 Å². The summed E-state index contributed by atoms with van der Waals surface area (Å²) in [5.41, 5.74) is 6.43. The summed E-state index contributed by atoms with van der Waals surface area (Å²) in [7, 11) is 0. The monoisotopic (exact) mass is 253 g/mol. The van der Waals surface area contributed by atoms with Gasteiger partial charge in [0.2, 0.25) is 5.89 Å². The molecule has 0 aliphatic rings. The largest absolute Gasteiger partial charge is 0.408 e. The third-order valence-corrected chi connectivity index (χ3v) is 3.32. The molecule has 7 heteroatoms. The van der Waals surface area contributed by atoms with Crippen LogP contribution in [-0.4, -0.2) is 21.7 Å². The van der Waals surface area contributed by atoms with Gasteiger partial charge in [0, 0.05) is 24.0 Å². The lowest BCUT2D eigenvalue weighted by Gasteiger charge is -2.07. The van der Waals surface area contributed by atoms with Crippen molar-refractivity contribution in [1.82, 2.24) is 15.2 Å². The number of aromatic nitrogens is 3. The van der Waals surface area contributed by atoms with Crippen LogP contribution in [0.5, 0.6) is 0 Å². The van der Waals surface area contributed by atoms with Crippen molar-refractivity contribution in [2.24, 2.45) is 5.73 Å². The van der Waals surface area contributed by atoms with Crippen molar-refractivity contribution >= 4 is 17.4 Å². The van der Waals surface area contributed by atoms with Gasteiger partial charge in [0.25, 0.3) is 0 Å². The topological polar surface area (TPSA) is 89.9 Å². The van der Waals surface area contributed by atoms with Gasteiger partial charge in [-0.3, -0.25) is 0 Å². The molecule has 1 atom stereocenters. The fourth-order valence-electron chi connectivity index (χ4n) is 1.35. The zero-order valence-corrected chi connectivity index (χ0v) is 10.6. The van der Waals surface area contributed by atoms with Gasteiger partial charge in [-0.1, -0.05) is 5.10 Å². The lowest BCUT2D eigenvalue weighted by Crippen LogP contribution is -2.06. The summed E-state index contributed by atoms with van der Waals surface area (Å²) in [5, 5.41) is 13.9. The number of anilines is 1. The maximum Gasteiger partial charge on any atom is 0.316 e. The summed E-state index contributed by atoms with van der Waals surface area (Å²) in [4.78, 5) is 4.40. The first kappa shape index (κ1) is 12.0. The van der Waals surface area contributed by atoms with Crippen molar-refractivity contribution in [3.8, 4) is 0 Å². The summed E-state index contributed by atoms with van der Waals surface area (Å²) in [6.07, 6.45) is 0.597. The predicted molar refractivity (Wildman–Crippen MR) is 65.9 cm³/mol. The standard InChI is InChI=1S/C10H15N5OS/c1-6-5-17-9(12-6)7(2)13-10-15-14-8(16-10)3-4-11/h5,7H,3-4,11H2,1-2H3,(H,13,15). The predicted octanol–water partition coefficient (Wildman–Crippen LogP) is 1.51.